The molecule has 1 aromatic heterocycles. The number of aliphatic imine (C=N–C) groups is 1. The first-order valence-corrected chi connectivity index (χ1v) is 23.8. The van der Waals surface area contributed by atoms with Crippen LogP contribution in [0.15, 0.2) is 29.4 Å². The van der Waals surface area contributed by atoms with Crippen molar-refractivity contribution < 1.29 is 4.74 Å². The molecule has 4 nitrogen and oxygen atoms in total. The Hall–Kier alpha value is -0.334. The molecular formula is C18H33Ge2N3O. The SMILES string of the molecule is [CH3][Ge]([CH3])([CH3])[C]1=NCC=C1.[CH3][Ge]([CH3])([CH3])[c]1ccnn1C1CCCCO1. The van der Waals surface area contributed by atoms with E-state index in [2.05, 4.69) is 67.5 Å². The summed E-state index contributed by atoms with van der Waals surface area (Å²) in [5.74, 6) is 14.3. The van der Waals surface area contributed by atoms with Crippen molar-refractivity contribution in [2.24, 2.45) is 4.99 Å². The number of nitrogens with zero attached hydrogens (tertiary/aromatic N) is 3. The second kappa shape index (κ2) is 8.36. The Morgan fingerprint density at radius 3 is 2.29 bits per heavy atom. The van der Waals surface area contributed by atoms with Crippen molar-refractivity contribution in [3.8, 4) is 0 Å². The normalized spacial score (nSPS) is 21.2. The van der Waals surface area contributed by atoms with Crippen molar-refractivity contribution in [1.29, 1.82) is 0 Å². The van der Waals surface area contributed by atoms with Gasteiger partial charge in [0.25, 0.3) is 0 Å². The van der Waals surface area contributed by atoms with Crippen LogP contribution in [-0.2, 0) is 4.74 Å². The standard InChI is InChI=1S/C11H20GeN2O.C7H13GeN/c1-12(2,3)10-7-8-13-14(10)11-6-4-5-9-15-11;1-8(2,3)7-5-4-6-9-7/h7-8,11H,4-6,9H2,1-3H3;4-5H,6H2,1-3H3. The number of allylic oxidation sites excluding steroid dienone is 1. The van der Waals surface area contributed by atoms with Gasteiger partial charge in [0.15, 0.2) is 0 Å². The molecule has 0 aliphatic carbocycles. The molecule has 0 bridgehead atoms. The quantitative estimate of drug-likeness (QED) is 0.650. The predicted octanol–water partition coefficient (Wildman–Crippen LogP) is 4.00. The van der Waals surface area contributed by atoms with Gasteiger partial charge in [0.2, 0.25) is 0 Å². The van der Waals surface area contributed by atoms with Crippen LogP contribution in [0.5, 0.6) is 0 Å². The van der Waals surface area contributed by atoms with E-state index < -0.39 is 26.5 Å². The van der Waals surface area contributed by atoms with Crippen LogP contribution < -0.4 is 4.53 Å². The summed E-state index contributed by atoms with van der Waals surface area (Å²) in [6, 6.07) is 2.18. The van der Waals surface area contributed by atoms with Gasteiger partial charge in [-0.25, -0.2) is 0 Å². The zero-order valence-corrected chi connectivity index (χ0v) is 20.4. The van der Waals surface area contributed by atoms with E-state index in [-0.39, 0.29) is 6.23 Å². The van der Waals surface area contributed by atoms with Crippen LogP contribution in [0.3, 0.4) is 0 Å². The van der Waals surface area contributed by atoms with E-state index in [1.54, 1.807) is 0 Å². The molecule has 1 atom stereocenters. The van der Waals surface area contributed by atoms with Gasteiger partial charge in [0, 0.05) is 0 Å². The average Bonchev–Trinajstić information content (AvgIpc) is 3.19. The number of aromatic nitrogens is 2. The fourth-order valence-corrected chi connectivity index (χ4v) is 8.46. The summed E-state index contributed by atoms with van der Waals surface area (Å²) in [4.78, 5) is 4.40. The van der Waals surface area contributed by atoms with Crippen LogP contribution in [0.4, 0.5) is 0 Å². The first kappa shape index (κ1) is 20.0. The fourth-order valence-electron chi connectivity index (χ4n) is 2.91. The van der Waals surface area contributed by atoms with Crippen LogP contribution in [0.1, 0.15) is 25.5 Å². The van der Waals surface area contributed by atoms with Gasteiger partial charge in [-0.1, -0.05) is 0 Å². The summed E-state index contributed by atoms with van der Waals surface area (Å²) in [6.07, 6.45) is 10.0. The summed E-state index contributed by atoms with van der Waals surface area (Å²) in [5, 5.41) is 4.44. The van der Waals surface area contributed by atoms with Gasteiger partial charge in [0.05, 0.1) is 0 Å². The Bertz CT molecular complexity index is 588. The van der Waals surface area contributed by atoms with Gasteiger partial charge in [0.1, 0.15) is 0 Å². The van der Waals surface area contributed by atoms with Crippen LogP contribution >= 0.6 is 0 Å². The Morgan fingerprint density at radius 1 is 1.08 bits per heavy atom. The molecule has 0 aromatic carbocycles. The molecule has 3 rings (SSSR count). The van der Waals surface area contributed by atoms with Crippen molar-refractivity contribution in [3.63, 3.8) is 0 Å². The van der Waals surface area contributed by atoms with E-state index in [0.29, 0.717) is 0 Å². The van der Waals surface area contributed by atoms with Gasteiger partial charge >= 0.3 is 153 Å². The third kappa shape index (κ3) is 5.60. The molecule has 2 aliphatic rings. The van der Waals surface area contributed by atoms with Crippen molar-refractivity contribution in [2.75, 3.05) is 13.2 Å². The molecule has 0 spiro atoms. The number of hydrogen-bond acceptors (Lipinski definition) is 3. The Labute approximate surface area is 152 Å². The molecule has 0 radical (unpaired) electrons. The first-order chi connectivity index (χ1) is 11.2. The molecule has 1 saturated heterocycles. The monoisotopic (exact) mass is 455 g/mol. The zero-order chi connectivity index (χ0) is 17.8. The predicted molar refractivity (Wildman–Crippen MR) is 109 cm³/mol. The zero-order valence-electron chi connectivity index (χ0n) is 16.2. The molecule has 24 heavy (non-hydrogen) atoms. The van der Waals surface area contributed by atoms with E-state index in [1.807, 2.05) is 6.20 Å². The molecule has 1 fully saturated rings. The maximum absolute atomic E-state index is 5.79. The number of ether oxygens (including phenoxy) is 1. The van der Waals surface area contributed by atoms with Crippen LogP contribution in [0.2, 0.25) is 34.5 Å². The third-order valence-electron chi connectivity index (χ3n) is 4.28. The topological polar surface area (TPSA) is 39.4 Å². The van der Waals surface area contributed by atoms with E-state index in [9.17, 15) is 0 Å². The van der Waals surface area contributed by atoms with Crippen molar-refractivity contribution in [1.82, 2.24) is 9.78 Å². The second-order valence-corrected chi connectivity index (χ2v) is 29.6. The summed E-state index contributed by atoms with van der Waals surface area (Å²) >= 11 is -3.31. The molecule has 6 heteroatoms. The summed E-state index contributed by atoms with van der Waals surface area (Å²) < 4.78 is 10.8. The Morgan fingerprint density at radius 2 is 1.83 bits per heavy atom. The maximum atomic E-state index is 5.79. The molecule has 0 N–H and O–H groups in total. The van der Waals surface area contributed by atoms with Crippen molar-refractivity contribution in [2.45, 2.75) is 60.0 Å². The first-order valence-electron chi connectivity index (χ1n) is 9.06. The number of rotatable bonds is 3. The van der Waals surface area contributed by atoms with Crippen LogP contribution in [0.25, 0.3) is 0 Å². The number of hydrogen-bond donors (Lipinski definition) is 0. The summed E-state index contributed by atoms with van der Waals surface area (Å²) in [6.45, 7) is 1.82. The second-order valence-electron chi connectivity index (χ2n) is 8.61. The summed E-state index contributed by atoms with van der Waals surface area (Å²) in [7, 11) is 0. The van der Waals surface area contributed by atoms with Crippen LogP contribution in [0, 0.1) is 0 Å². The van der Waals surface area contributed by atoms with Crippen molar-refractivity contribution >= 4 is 35.6 Å². The van der Waals surface area contributed by atoms with Gasteiger partial charge in [-0.3, -0.25) is 0 Å². The molecule has 1 aromatic rings. The van der Waals surface area contributed by atoms with E-state index in [4.69, 9.17) is 4.74 Å². The third-order valence-corrected chi connectivity index (χ3v) is 12.2. The fraction of sp³-hybridized carbons (Fsp3) is 0.667. The van der Waals surface area contributed by atoms with E-state index in [0.717, 1.165) is 19.6 Å². The van der Waals surface area contributed by atoms with E-state index >= 15 is 0 Å². The molecule has 3 heterocycles. The van der Waals surface area contributed by atoms with Gasteiger partial charge < -0.3 is 0 Å². The molecule has 0 amide bonds. The summed E-state index contributed by atoms with van der Waals surface area (Å²) in [5.41, 5.74) is 0. The molecule has 134 valence electrons. The Balaban J connectivity index is 0.000000198. The molecule has 2 aliphatic heterocycles. The van der Waals surface area contributed by atoms with Gasteiger partial charge in [-0.2, -0.15) is 0 Å². The molecule has 1 unspecified atom stereocenters. The van der Waals surface area contributed by atoms with Crippen molar-refractivity contribution in [3.05, 3.63) is 24.4 Å². The van der Waals surface area contributed by atoms with Gasteiger partial charge in [-0.05, 0) is 0 Å². The van der Waals surface area contributed by atoms with Gasteiger partial charge in [-0.15, -0.1) is 0 Å². The minimum absolute atomic E-state index is 0.202. The molecular weight excluding hydrogens is 419 g/mol. The molecule has 0 saturated carbocycles. The average molecular weight is 453 g/mol. The Kier molecular flexibility index (Phi) is 6.96. The van der Waals surface area contributed by atoms with E-state index in [1.165, 1.54) is 21.9 Å². The van der Waals surface area contributed by atoms with Crippen LogP contribution in [-0.4, -0.2) is 54.0 Å². The minimum atomic E-state index is -1.79.